The van der Waals surface area contributed by atoms with Crippen molar-refractivity contribution in [3.63, 3.8) is 0 Å². The van der Waals surface area contributed by atoms with Gasteiger partial charge in [-0.25, -0.2) is 0 Å². The molecule has 0 aromatic heterocycles. The summed E-state index contributed by atoms with van der Waals surface area (Å²) in [5, 5.41) is 0. The van der Waals surface area contributed by atoms with Gasteiger partial charge in [-0.05, 0) is 30.6 Å². The van der Waals surface area contributed by atoms with Gasteiger partial charge in [-0.3, -0.25) is 9.69 Å². The fraction of sp³-hybridized carbons (Fsp3) is 0.929. The van der Waals surface area contributed by atoms with Gasteiger partial charge in [-0.1, -0.05) is 27.7 Å². The Morgan fingerprint density at radius 3 is 1.94 bits per heavy atom. The molecule has 0 heterocycles. The average Bonchev–Trinajstić information content (AvgIpc) is 2.99. The maximum atomic E-state index is 11.9. The summed E-state index contributed by atoms with van der Waals surface area (Å²) in [6.07, 6.45) is 2.35. The quantitative estimate of drug-likeness (QED) is 0.642. The molecule has 0 aromatic carbocycles. The van der Waals surface area contributed by atoms with Crippen LogP contribution < -0.4 is 0 Å². The molecule has 0 amide bonds. The Labute approximate surface area is 106 Å². The van der Waals surface area contributed by atoms with Crippen molar-refractivity contribution in [2.24, 2.45) is 17.8 Å². The minimum Gasteiger partial charge on any atom is -0.468 e. The maximum Gasteiger partial charge on any atom is 0.323 e. The topological polar surface area (TPSA) is 29.5 Å². The lowest BCUT2D eigenvalue weighted by molar-refractivity contribution is -0.148. The van der Waals surface area contributed by atoms with Crippen LogP contribution in [-0.4, -0.2) is 37.1 Å². The van der Waals surface area contributed by atoms with Crippen LogP contribution in [0.1, 0.15) is 40.5 Å². The van der Waals surface area contributed by atoms with E-state index in [1.165, 1.54) is 20.0 Å². The van der Waals surface area contributed by atoms with Crippen LogP contribution in [0, 0.1) is 17.8 Å². The minimum absolute atomic E-state index is 0.00944. The molecule has 1 atom stereocenters. The highest BCUT2D eigenvalue weighted by Crippen LogP contribution is 2.36. The van der Waals surface area contributed by atoms with Gasteiger partial charge in [0.1, 0.15) is 6.04 Å². The molecule has 1 fully saturated rings. The molecule has 1 rings (SSSR count). The van der Waals surface area contributed by atoms with E-state index in [0.717, 1.165) is 13.1 Å². The van der Waals surface area contributed by atoms with Crippen LogP contribution in [-0.2, 0) is 9.53 Å². The molecule has 0 radical (unpaired) electrons. The van der Waals surface area contributed by atoms with Crippen LogP contribution in [0.3, 0.4) is 0 Å². The second-order valence-electron chi connectivity index (χ2n) is 6.05. The third kappa shape index (κ3) is 4.66. The largest absolute Gasteiger partial charge is 0.468 e. The Morgan fingerprint density at radius 2 is 1.65 bits per heavy atom. The summed E-state index contributed by atoms with van der Waals surface area (Å²) in [5.74, 6) is 1.65. The number of esters is 1. The molecule has 1 saturated carbocycles. The first-order chi connectivity index (χ1) is 7.95. The molecule has 17 heavy (non-hydrogen) atoms. The van der Waals surface area contributed by atoms with Crippen LogP contribution >= 0.6 is 0 Å². The van der Waals surface area contributed by atoms with E-state index in [4.69, 9.17) is 4.74 Å². The van der Waals surface area contributed by atoms with Gasteiger partial charge in [0, 0.05) is 13.1 Å². The van der Waals surface area contributed by atoms with E-state index in [1.54, 1.807) is 0 Å². The summed E-state index contributed by atoms with van der Waals surface area (Å²) in [7, 11) is 1.50. The third-order valence-corrected chi connectivity index (χ3v) is 3.10. The average molecular weight is 241 g/mol. The van der Waals surface area contributed by atoms with Gasteiger partial charge >= 0.3 is 5.97 Å². The van der Waals surface area contributed by atoms with Crippen molar-refractivity contribution in [3.05, 3.63) is 0 Å². The minimum atomic E-state index is -0.0474. The van der Waals surface area contributed by atoms with Crippen LogP contribution in [0.2, 0.25) is 0 Å². The molecule has 3 nitrogen and oxygen atoms in total. The van der Waals surface area contributed by atoms with Crippen LogP contribution in [0.25, 0.3) is 0 Å². The molecule has 0 N–H and O–H groups in total. The molecule has 0 aromatic rings. The summed E-state index contributed by atoms with van der Waals surface area (Å²) in [4.78, 5) is 14.3. The summed E-state index contributed by atoms with van der Waals surface area (Å²) < 4.78 is 4.98. The number of ether oxygens (including phenoxy) is 1. The Hall–Kier alpha value is -0.570. The van der Waals surface area contributed by atoms with Gasteiger partial charge in [0.25, 0.3) is 0 Å². The van der Waals surface area contributed by atoms with Crippen LogP contribution in [0.5, 0.6) is 0 Å². The molecular formula is C14H27NO2. The number of hydrogen-bond donors (Lipinski definition) is 0. The summed E-state index contributed by atoms with van der Waals surface area (Å²) in [6.45, 7) is 10.8. The van der Waals surface area contributed by atoms with Gasteiger partial charge in [0.05, 0.1) is 7.11 Å². The summed E-state index contributed by atoms with van der Waals surface area (Å²) in [6, 6.07) is -0.00944. The second kappa shape index (κ2) is 6.39. The van der Waals surface area contributed by atoms with Gasteiger partial charge in [-0.2, -0.15) is 0 Å². The Balaban J connectivity index is 2.71. The van der Waals surface area contributed by atoms with E-state index < -0.39 is 0 Å². The Kier molecular flexibility index (Phi) is 5.44. The normalized spacial score (nSPS) is 17.9. The van der Waals surface area contributed by atoms with Crippen molar-refractivity contribution in [2.75, 3.05) is 20.2 Å². The first-order valence-corrected chi connectivity index (χ1v) is 6.77. The summed E-state index contributed by atoms with van der Waals surface area (Å²) in [5.41, 5.74) is 0. The molecule has 1 aliphatic carbocycles. The first-order valence-electron chi connectivity index (χ1n) is 6.77. The van der Waals surface area contributed by atoms with Crippen molar-refractivity contribution in [1.82, 2.24) is 4.90 Å². The lowest BCUT2D eigenvalue weighted by atomic mass is 10.1. The smallest absolute Gasteiger partial charge is 0.323 e. The highest BCUT2D eigenvalue weighted by atomic mass is 16.5. The number of nitrogens with zero attached hydrogens (tertiary/aromatic N) is 1. The van der Waals surface area contributed by atoms with E-state index in [-0.39, 0.29) is 12.0 Å². The van der Waals surface area contributed by atoms with Gasteiger partial charge in [-0.15, -0.1) is 0 Å². The van der Waals surface area contributed by atoms with E-state index >= 15 is 0 Å². The molecule has 0 spiro atoms. The lowest BCUT2D eigenvalue weighted by Gasteiger charge is -2.32. The molecule has 0 aliphatic heterocycles. The number of rotatable bonds is 7. The molecule has 0 saturated heterocycles. The van der Waals surface area contributed by atoms with E-state index in [2.05, 4.69) is 32.6 Å². The molecular weight excluding hydrogens is 214 g/mol. The SMILES string of the molecule is COC(=O)C(C1CC1)N(CC(C)C)CC(C)C. The predicted octanol–water partition coefficient (Wildman–Crippen LogP) is 2.55. The Bertz CT molecular complexity index is 237. The van der Waals surface area contributed by atoms with Crippen molar-refractivity contribution in [3.8, 4) is 0 Å². The van der Waals surface area contributed by atoms with Gasteiger partial charge in [0.15, 0.2) is 0 Å². The zero-order chi connectivity index (χ0) is 13.0. The molecule has 1 unspecified atom stereocenters. The fourth-order valence-corrected chi connectivity index (χ4v) is 2.41. The van der Waals surface area contributed by atoms with Crippen molar-refractivity contribution >= 4 is 5.97 Å². The monoisotopic (exact) mass is 241 g/mol. The standard InChI is InChI=1S/C14H27NO2/c1-10(2)8-15(9-11(3)4)13(12-6-7-12)14(16)17-5/h10-13H,6-9H2,1-5H3. The number of hydrogen-bond acceptors (Lipinski definition) is 3. The third-order valence-electron chi connectivity index (χ3n) is 3.10. The predicted molar refractivity (Wildman–Crippen MR) is 69.8 cm³/mol. The maximum absolute atomic E-state index is 11.9. The van der Waals surface area contributed by atoms with E-state index in [1.807, 2.05) is 0 Å². The van der Waals surface area contributed by atoms with Crippen molar-refractivity contribution in [2.45, 2.75) is 46.6 Å². The highest BCUT2D eigenvalue weighted by molar-refractivity contribution is 5.76. The molecule has 0 bridgehead atoms. The fourth-order valence-electron chi connectivity index (χ4n) is 2.41. The van der Waals surface area contributed by atoms with Crippen LogP contribution in [0.15, 0.2) is 0 Å². The summed E-state index contributed by atoms with van der Waals surface area (Å²) >= 11 is 0. The van der Waals surface area contributed by atoms with Crippen molar-refractivity contribution < 1.29 is 9.53 Å². The lowest BCUT2D eigenvalue weighted by Crippen LogP contribution is -2.46. The van der Waals surface area contributed by atoms with E-state index in [0.29, 0.717) is 17.8 Å². The number of carbonyl (C=O) groups is 1. The number of carbonyl (C=O) groups excluding carboxylic acids is 1. The molecule has 100 valence electrons. The highest BCUT2D eigenvalue weighted by Gasteiger charge is 2.41. The second-order valence-corrected chi connectivity index (χ2v) is 6.05. The van der Waals surface area contributed by atoms with Crippen molar-refractivity contribution in [1.29, 1.82) is 0 Å². The van der Waals surface area contributed by atoms with Gasteiger partial charge < -0.3 is 4.74 Å². The zero-order valence-electron chi connectivity index (χ0n) is 11.9. The zero-order valence-corrected chi connectivity index (χ0v) is 11.9. The molecule has 3 heteroatoms. The van der Waals surface area contributed by atoms with Gasteiger partial charge in [0.2, 0.25) is 0 Å². The van der Waals surface area contributed by atoms with E-state index in [9.17, 15) is 4.79 Å². The molecule has 1 aliphatic rings. The number of methoxy groups -OCH3 is 1. The van der Waals surface area contributed by atoms with Crippen LogP contribution in [0.4, 0.5) is 0 Å². The Morgan fingerprint density at radius 1 is 1.18 bits per heavy atom. The first kappa shape index (κ1) is 14.5.